The molecule has 4 aromatic rings. The summed E-state index contributed by atoms with van der Waals surface area (Å²) in [6.07, 6.45) is 5.94. The van der Waals surface area contributed by atoms with Gasteiger partial charge in [-0.15, -0.1) is 0 Å². The molecule has 0 atom stereocenters. The van der Waals surface area contributed by atoms with E-state index in [2.05, 4.69) is 20.3 Å². The Morgan fingerprint density at radius 3 is 2.84 bits per heavy atom. The molecule has 25 heavy (non-hydrogen) atoms. The van der Waals surface area contributed by atoms with E-state index in [0.717, 1.165) is 37.8 Å². The highest BCUT2D eigenvalue weighted by molar-refractivity contribution is 7.21. The van der Waals surface area contributed by atoms with Gasteiger partial charge in [0.05, 0.1) is 0 Å². The van der Waals surface area contributed by atoms with Gasteiger partial charge in [-0.3, -0.25) is 14.2 Å². The lowest BCUT2D eigenvalue weighted by molar-refractivity contribution is 0.0983. The molecule has 0 radical (unpaired) electrons. The van der Waals surface area contributed by atoms with E-state index >= 15 is 0 Å². The van der Waals surface area contributed by atoms with E-state index in [1.165, 1.54) is 0 Å². The van der Waals surface area contributed by atoms with Crippen molar-refractivity contribution in [3.63, 3.8) is 0 Å². The van der Waals surface area contributed by atoms with E-state index in [-0.39, 0.29) is 5.78 Å². The molecule has 0 aliphatic heterocycles. The molecule has 0 aromatic carbocycles. The van der Waals surface area contributed by atoms with Crippen molar-refractivity contribution < 1.29 is 4.79 Å². The van der Waals surface area contributed by atoms with Crippen LogP contribution in [0.15, 0.2) is 30.7 Å². The average molecular weight is 351 g/mol. The molecule has 0 unspecified atom stereocenters. The van der Waals surface area contributed by atoms with Gasteiger partial charge in [-0.1, -0.05) is 18.3 Å². The maximum Gasteiger partial charge on any atom is 0.184 e. The fourth-order valence-corrected chi connectivity index (χ4v) is 3.82. The molecule has 4 heterocycles. The third-order valence-electron chi connectivity index (χ3n) is 4.24. The third kappa shape index (κ3) is 2.47. The number of pyridine rings is 2. The molecule has 0 aliphatic rings. The summed E-state index contributed by atoms with van der Waals surface area (Å²) in [5, 5.41) is 3.96. The van der Waals surface area contributed by atoms with Crippen molar-refractivity contribution in [3.8, 4) is 11.1 Å². The molecular formula is C18H17N5OS. The van der Waals surface area contributed by atoms with Crippen LogP contribution in [-0.4, -0.2) is 32.2 Å². The first kappa shape index (κ1) is 15.7. The number of aromatic nitrogens is 4. The predicted molar refractivity (Wildman–Crippen MR) is 101 cm³/mol. The minimum absolute atomic E-state index is 0.0502. The molecule has 0 bridgehead atoms. The van der Waals surface area contributed by atoms with Gasteiger partial charge in [0.15, 0.2) is 10.9 Å². The van der Waals surface area contributed by atoms with Crippen LogP contribution in [0.3, 0.4) is 0 Å². The second-order valence-corrected chi connectivity index (χ2v) is 6.78. The number of hydrogen-bond acceptors (Lipinski definition) is 6. The maximum atomic E-state index is 11.9. The number of aryl methyl sites for hydroxylation is 1. The average Bonchev–Trinajstić information content (AvgIpc) is 3.26. The van der Waals surface area contributed by atoms with E-state index < -0.39 is 0 Å². The quantitative estimate of drug-likeness (QED) is 0.564. The Hall–Kier alpha value is -2.80. The summed E-state index contributed by atoms with van der Waals surface area (Å²) >= 11 is 1.59. The molecule has 0 spiro atoms. The first-order valence-electron chi connectivity index (χ1n) is 8.07. The van der Waals surface area contributed by atoms with Crippen LogP contribution in [0.4, 0.5) is 5.13 Å². The van der Waals surface area contributed by atoms with Gasteiger partial charge in [0.1, 0.15) is 21.7 Å². The topological polar surface area (TPSA) is 72.2 Å². The van der Waals surface area contributed by atoms with Crippen molar-refractivity contribution in [1.29, 1.82) is 0 Å². The third-order valence-corrected chi connectivity index (χ3v) is 5.33. The number of rotatable bonds is 4. The van der Waals surface area contributed by atoms with Crippen molar-refractivity contribution in [3.05, 3.63) is 42.0 Å². The maximum absolute atomic E-state index is 11.9. The van der Waals surface area contributed by atoms with Gasteiger partial charge >= 0.3 is 0 Å². The van der Waals surface area contributed by atoms with E-state index in [1.807, 2.05) is 43.6 Å². The summed E-state index contributed by atoms with van der Waals surface area (Å²) in [4.78, 5) is 26.5. The fraction of sp³-hybridized carbons (Fsp3) is 0.222. The van der Waals surface area contributed by atoms with Crippen LogP contribution >= 0.6 is 11.3 Å². The zero-order valence-corrected chi connectivity index (χ0v) is 15.0. The molecule has 7 heteroatoms. The zero-order chi connectivity index (χ0) is 17.6. The Bertz CT molecular complexity index is 1110. The van der Waals surface area contributed by atoms with Crippen molar-refractivity contribution in [2.75, 3.05) is 12.4 Å². The Labute approximate surface area is 148 Å². The minimum Gasteiger partial charge on any atom is -0.365 e. The number of imidazole rings is 1. The van der Waals surface area contributed by atoms with Crippen LogP contribution in [0, 0.1) is 6.92 Å². The van der Waals surface area contributed by atoms with Gasteiger partial charge in [0.2, 0.25) is 0 Å². The van der Waals surface area contributed by atoms with Crippen molar-refractivity contribution in [1.82, 2.24) is 19.4 Å². The number of ketones is 1. The number of anilines is 1. The highest BCUT2D eigenvalue weighted by Crippen LogP contribution is 2.34. The Balaban J connectivity index is 1.96. The highest BCUT2D eigenvalue weighted by atomic mass is 32.1. The van der Waals surface area contributed by atoms with Crippen molar-refractivity contribution in [2.24, 2.45) is 0 Å². The number of Topliss-reactive ketones (excluding diaryl/α,β-unsaturated/α-hetero) is 1. The lowest BCUT2D eigenvalue weighted by Crippen LogP contribution is -2.02. The number of fused-ring (bicyclic) bond motifs is 3. The van der Waals surface area contributed by atoms with E-state index in [9.17, 15) is 4.79 Å². The summed E-state index contributed by atoms with van der Waals surface area (Å²) < 4.78 is 2.05. The van der Waals surface area contributed by atoms with E-state index in [1.54, 1.807) is 23.7 Å². The highest BCUT2D eigenvalue weighted by Gasteiger charge is 2.16. The fourth-order valence-electron chi connectivity index (χ4n) is 2.94. The first-order chi connectivity index (χ1) is 12.1. The molecule has 0 aliphatic carbocycles. The number of nitrogens with zero attached hydrogens (tertiary/aromatic N) is 4. The predicted octanol–water partition coefficient (Wildman–Crippen LogP) is 3.95. The van der Waals surface area contributed by atoms with Gasteiger partial charge in [-0.2, -0.15) is 0 Å². The minimum atomic E-state index is 0.0502. The van der Waals surface area contributed by atoms with Gasteiger partial charge in [-0.05, 0) is 24.6 Å². The molecule has 4 aromatic heterocycles. The second-order valence-electron chi connectivity index (χ2n) is 5.80. The Kier molecular flexibility index (Phi) is 3.73. The van der Waals surface area contributed by atoms with Crippen molar-refractivity contribution >= 4 is 38.2 Å². The summed E-state index contributed by atoms with van der Waals surface area (Å²) in [6.45, 7) is 3.84. The van der Waals surface area contributed by atoms with E-state index in [4.69, 9.17) is 0 Å². The molecule has 0 amide bonds. The zero-order valence-electron chi connectivity index (χ0n) is 14.2. The van der Waals surface area contributed by atoms with Crippen LogP contribution in [0.5, 0.6) is 0 Å². The number of nitrogens with one attached hydrogen (secondary N) is 1. The van der Waals surface area contributed by atoms with Crippen LogP contribution in [0.1, 0.15) is 29.4 Å². The summed E-state index contributed by atoms with van der Waals surface area (Å²) in [6, 6.07) is 3.89. The lowest BCUT2D eigenvalue weighted by atomic mass is 10.0. The SMILES string of the molecule is CCC(=O)c1cc(C)c(-c2cc3nc(NC)sc3n3ccnc23)cn1. The second kappa shape index (κ2) is 5.93. The van der Waals surface area contributed by atoms with Gasteiger partial charge in [-0.25, -0.2) is 9.97 Å². The van der Waals surface area contributed by atoms with Gasteiger partial charge in [0, 0.05) is 43.2 Å². The Morgan fingerprint density at radius 2 is 2.12 bits per heavy atom. The van der Waals surface area contributed by atoms with Crippen LogP contribution < -0.4 is 5.32 Å². The normalized spacial score (nSPS) is 11.3. The monoisotopic (exact) mass is 351 g/mol. The summed E-state index contributed by atoms with van der Waals surface area (Å²) in [7, 11) is 1.86. The summed E-state index contributed by atoms with van der Waals surface area (Å²) in [5.74, 6) is 0.0502. The Morgan fingerprint density at radius 1 is 1.28 bits per heavy atom. The molecule has 6 nitrogen and oxygen atoms in total. The van der Waals surface area contributed by atoms with Gasteiger partial charge < -0.3 is 5.32 Å². The smallest absolute Gasteiger partial charge is 0.184 e. The molecule has 1 N–H and O–H groups in total. The summed E-state index contributed by atoms with van der Waals surface area (Å²) in [5.41, 5.74) is 5.20. The van der Waals surface area contributed by atoms with E-state index in [0.29, 0.717) is 12.1 Å². The molecular weight excluding hydrogens is 334 g/mol. The van der Waals surface area contributed by atoms with Crippen LogP contribution in [-0.2, 0) is 0 Å². The molecule has 4 rings (SSSR count). The molecule has 0 fully saturated rings. The van der Waals surface area contributed by atoms with Crippen molar-refractivity contribution in [2.45, 2.75) is 20.3 Å². The standard InChI is InChI=1S/C18H17N5OS/c1-4-15(24)13-7-10(2)12(9-21-13)11-8-14-17(25-18(19-3)22-14)23-6-5-20-16(11)23/h5-9H,4H2,1-3H3,(H,19,22). The van der Waals surface area contributed by atoms with Crippen LogP contribution in [0.25, 0.3) is 27.1 Å². The number of thiazole rings is 1. The number of hydrogen-bond donors (Lipinski definition) is 1. The number of carbonyl (C=O) groups is 1. The molecule has 0 saturated carbocycles. The molecule has 0 saturated heterocycles. The lowest BCUT2D eigenvalue weighted by Gasteiger charge is -2.09. The van der Waals surface area contributed by atoms with Crippen LogP contribution in [0.2, 0.25) is 0 Å². The molecule has 126 valence electrons. The first-order valence-corrected chi connectivity index (χ1v) is 8.88. The largest absolute Gasteiger partial charge is 0.365 e. The van der Waals surface area contributed by atoms with Gasteiger partial charge in [0.25, 0.3) is 0 Å². The number of carbonyl (C=O) groups excluding carboxylic acids is 1.